The second kappa shape index (κ2) is 6.32. The van der Waals surface area contributed by atoms with Crippen LogP contribution in [0.4, 0.5) is 0 Å². The summed E-state index contributed by atoms with van der Waals surface area (Å²) in [4.78, 5) is 19.2. The van der Waals surface area contributed by atoms with Gasteiger partial charge in [0.05, 0.1) is 5.69 Å². The number of rotatable bonds is 2. The number of piperidine rings is 1. The molecule has 2 aromatic heterocycles. The Labute approximate surface area is 121 Å². The van der Waals surface area contributed by atoms with Gasteiger partial charge in [-0.15, -0.1) is 12.4 Å². The van der Waals surface area contributed by atoms with Crippen LogP contribution in [0.15, 0.2) is 27.7 Å². The highest BCUT2D eigenvalue weighted by atomic mass is 35.5. The first kappa shape index (κ1) is 14.2. The quantitative estimate of drug-likeness (QED) is 0.895. The van der Waals surface area contributed by atoms with E-state index >= 15 is 0 Å². The maximum absolute atomic E-state index is 11.7. The Balaban J connectivity index is 0.00000133. The van der Waals surface area contributed by atoms with Crippen LogP contribution >= 0.6 is 23.7 Å². The number of nitrogens with one attached hydrogen (secondary N) is 2. The molecule has 0 aliphatic carbocycles. The molecule has 1 aliphatic heterocycles. The highest BCUT2D eigenvalue weighted by molar-refractivity contribution is 7.08. The average Bonchev–Trinajstić information content (AvgIpc) is 2.93. The third-order valence-corrected chi connectivity index (χ3v) is 4.00. The van der Waals surface area contributed by atoms with Gasteiger partial charge in [-0.05, 0) is 37.4 Å². The summed E-state index contributed by atoms with van der Waals surface area (Å²) in [5, 5.41) is 7.33. The van der Waals surface area contributed by atoms with E-state index in [1.165, 1.54) is 0 Å². The van der Waals surface area contributed by atoms with Crippen molar-refractivity contribution in [3.05, 3.63) is 38.9 Å². The summed E-state index contributed by atoms with van der Waals surface area (Å²) in [7, 11) is 0. The van der Waals surface area contributed by atoms with Gasteiger partial charge in [-0.25, -0.2) is 4.98 Å². The number of thiophene rings is 1. The van der Waals surface area contributed by atoms with Crippen molar-refractivity contribution in [1.82, 2.24) is 15.3 Å². The summed E-state index contributed by atoms with van der Waals surface area (Å²) in [6.45, 7) is 2.01. The van der Waals surface area contributed by atoms with Crippen LogP contribution in [0.5, 0.6) is 0 Å². The molecule has 3 heterocycles. The van der Waals surface area contributed by atoms with E-state index in [1.54, 1.807) is 17.4 Å². The van der Waals surface area contributed by atoms with Gasteiger partial charge in [-0.2, -0.15) is 11.3 Å². The van der Waals surface area contributed by atoms with E-state index in [9.17, 15) is 4.79 Å². The summed E-state index contributed by atoms with van der Waals surface area (Å²) in [5.41, 5.74) is 1.87. The molecule has 1 aliphatic rings. The minimum atomic E-state index is -0.0558. The molecule has 1 fully saturated rings. The van der Waals surface area contributed by atoms with Crippen LogP contribution in [0.1, 0.15) is 24.5 Å². The average molecular weight is 298 g/mol. The highest BCUT2D eigenvalue weighted by Gasteiger charge is 2.18. The highest BCUT2D eigenvalue weighted by Crippen LogP contribution is 2.24. The molecular formula is C13H16ClN3OS. The van der Waals surface area contributed by atoms with Gasteiger partial charge in [0.15, 0.2) is 0 Å². The smallest absolute Gasteiger partial charge is 0.251 e. The van der Waals surface area contributed by atoms with Gasteiger partial charge in [0, 0.05) is 22.9 Å². The Morgan fingerprint density at radius 1 is 1.32 bits per heavy atom. The number of halogens is 1. The first-order chi connectivity index (χ1) is 8.83. The van der Waals surface area contributed by atoms with Crippen LogP contribution in [0.3, 0.4) is 0 Å². The Bertz CT molecular complexity index is 576. The zero-order chi connectivity index (χ0) is 12.4. The number of hydrogen-bond acceptors (Lipinski definition) is 4. The molecule has 0 saturated carbocycles. The second-order valence-corrected chi connectivity index (χ2v) is 5.34. The molecule has 2 aromatic rings. The van der Waals surface area contributed by atoms with E-state index in [0.29, 0.717) is 11.7 Å². The van der Waals surface area contributed by atoms with Gasteiger partial charge in [0.25, 0.3) is 5.56 Å². The number of nitrogens with zero attached hydrogens (tertiary/aromatic N) is 1. The summed E-state index contributed by atoms with van der Waals surface area (Å²) in [6.07, 6.45) is 2.11. The van der Waals surface area contributed by atoms with Crippen LogP contribution in [-0.4, -0.2) is 23.1 Å². The number of aromatic nitrogens is 2. The summed E-state index contributed by atoms with van der Waals surface area (Å²) < 4.78 is 0. The zero-order valence-electron chi connectivity index (χ0n) is 10.4. The predicted octanol–water partition coefficient (Wildman–Crippen LogP) is 2.39. The molecule has 4 nitrogen and oxygen atoms in total. The molecule has 0 atom stereocenters. The lowest BCUT2D eigenvalue weighted by Crippen LogP contribution is -2.28. The fourth-order valence-electron chi connectivity index (χ4n) is 2.34. The van der Waals surface area contributed by atoms with Crippen LogP contribution in [0.2, 0.25) is 0 Å². The molecule has 0 amide bonds. The molecule has 102 valence electrons. The van der Waals surface area contributed by atoms with Crippen molar-refractivity contribution in [3.8, 4) is 11.4 Å². The molecule has 0 aromatic carbocycles. The van der Waals surface area contributed by atoms with Crippen molar-refractivity contribution < 1.29 is 0 Å². The van der Waals surface area contributed by atoms with Gasteiger partial charge in [-0.1, -0.05) is 0 Å². The largest absolute Gasteiger partial charge is 0.317 e. The first-order valence-corrected chi connectivity index (χ1v) is 7.12. The lowest BCUT2D eigenvalue weighted by molar-refractivity contribution is 0.453. The lowest BCUT2D eigenvalue weighted by atomic mass is 9.94. The van der Waals surface area contributed by atoms with E-state index < -0.39 is 0 Å². The van der Waals surface area contributed by atoms with E-state index in [4.69, 9.17) is 0 Å². The molecule has 0 bridgehead atoms. The van der Waals surface area contributed by atoms with E-state index in [1.807, 2.05) is 16.8 Å². The van der Waals surface area contributed by atoms with Crippen molar-refractivity contribution in [3.63, 3.8) is 0 Å². The van der Waals surface area contributed by atoms with Crippen LogP contribution < -0.4 is 10.9 Å². The molecular weight excluding hydrogens is 282 g/mol. The van der Waals surface area contributed by atoms with E-state index in [2.05, 4.69) is 15.3 Å². The summed E-state index contributed by atoms with van der Waals surface area (Å²) in [6, 6.07) is 3.63. The predicted molar refractivity (Wildman–Crippen MR) is 80.3 cm³/mol. The first-order valence-electron chi connectivity index (χ1n) is 6.17. The number of hydrogen-bond donors (Lipinski definition) is 2. The van der Waals surface area contributed by atoms with Crippen molar-refractivity contribution in [1.29, 1.82) is 0 Å². The van der Waals surface area contributed by atoms with Crippen molar-refractivity contribution in [2.24, 2.45) is 0 Å². The lowest BCUT2D eigenvalue weighted by Gasteiger charge is -2.22. The SMILES string of the molecule is Cl.O=c1cc(C2CCNCC2)nc(-c2ccsc2)[nH]1. The monoisotopic (exact) mass is 297 g/mol. The molecule has 3 rings (SSSR count). The minimum absolute atomic E-state index is 0. The van der Waals surface area contributed by atoms with E-state index in [0.717, 1.165) is 37.2 Å². The summed E-state index contributed by atoms with van der Waals surface area (Å²) in [5.74, 6) is 1.10. The third-order valence-electron chi connectivity index (χ3n) is 3.31. The summed E-state index contributed by atoms with van der Waals surface area (Å²) >= 11 is 1.61. The van der Waals surface area contributed by atoms with Gasteiger partial charge in [0.1, 0.15) is 5.82 Å². The van der Waals surface area contributed by atoms with Gasteiger partial charge >= 0.3 is 0 Å². The molecule has 2 N–H and O–H groups in total. The van der Waals surface area contributed by atoms with Gasteiger partial charge in [0.2, 0.25) is 0 Å². The molecule has 0 radical (unpaired) electrons. The standard InChI is InChI=1S/C13H15N3OS.ClH/c17-12-7-11(9-1-4-14-5-2-9)15-13(16-12)10-3-6-18-8-10;/h3,6-9,14H,1-2,4-5H2,(H,15,16,17);1H. The Hall–Kier alpha value is -1.17. The molecule has 0 unspecified atom stereocenters. The van der Waals surface area contributed by atoms with Gasteiger partial charge in [-0.3, -0.25) is 4.79 Å². The van der Waals surface area contributed by atoms with Crippen LogP contribution in [0.25, 0.3) is 11.4 Å². The number of H-pyrrole nitrogens is 1. The van der Waals surface area contributed by atoms with E-state index in [-0.39, 0.29) is 18.0 Å². The molecule has 19 heavy (non-hydrogen) atoms. The van der Waals surface area contributed by atoms with Gasteiger partial charge < -0.3 is 10.3 Å². The topological polar surface area (TPSA) is 57.8 Å². The maximum Gasteiger partial charge on any atom is 0.251 e. The normalized spacial score (nSPS) is 16.0. The Morgan fingerprint density at radius 2 is 2.11 bits per heavy atom. The maximum atomic E-state index is 11.7. The zero-order valence-corrected chi connectivity index (χ0v) is 12.0. The van der Waals surface area contributed by atoms with Crippen molar-refractivity contribution in [2.75, 3.05) is 13.1 Å². The van der Waals surface area contributed by atoms with Crippen molar-refractivity contribution >= 4 is 23.7 Å². The van der Waals surface area contributed by atoms with Crippen LogP contribution in [-0.2, 0) is 0 Å². The number of aromatic amines is 1. The fourth-order valence-corrected chi connectivity index (χ4v) is 2.98. The fraction of sp³-hybridized carbons (Fsp3) is 0.385. The molecule has 1 saturated heterocycles. The minimum Gasteiger partial charge on any atom is -0.317 e. The molecule has 6 heteroatoms. The van der Waals surface area contributed by atoms with Crippen LogP contribution in [0, 0.1) is 0 Å². The van der Waals surface area contributed by atoms with Crippen molar-refractivity contribution in [2.45, 2.75) is 18.8 Å². The molecule has 0 spiro atoms. The second-order valence-electron chi connectivity index (χ2n) is 4.56. The third kappa shape index (κ3) is 3.23. The Kier molecular flexibility index (Phi) is 4.74. The Morgan fingerprint density at radius 3 is 2.79 bits per heavy atom.